The SMILES string of the molecule is Cc1cc(=O)c2oc(-c3ccccc3)c(CC(=O)NCC3CCCN4CCCCC34)c2o1. The monoisotopic (exact) mass is 434 g/mol. The molecule has 6 heteroatoms. The van der Waals surface area contributed by atoms with Crippen LogP contribution in [0.5, 0.6) is 0 Å². The highest BCUT2D eigenvalue weighted by molar-refractivity contribution is 5.89. The Morgan fingerprint density at radius 2 is 1.88 bits per heavy atom. The molecule has 1 amide bonds. The van der Waals surface area contributed by atoms with Crippen molar-refractivity contribution in [2.24, 2.45) is 5.92 Å². The van der Waals surface area contributed by atoms with E-state index in [4.69, 9.17) is 8.83 Å². The summed E-state index contributed by atoms with van der Waals surface area (Å²) < 4.78 is 11.8. The molecule has 3 aromatic rings. The van der Waals surface area contributed by atoms with Crippen molar-refractivity contribution in [3.8, 4) is 11.3 Å². The lowest BCUT2D eigenvalue weighted by Gasteiger charge is -2.44. The van der Waals surface area contributed by atoms with Crippen LogP contribution < -0.4 is 10.7 Å². The summed E-state index contributed by atoms with van der Waals surface area (Å²) in [5.41, 5.74) is 1.77. The molecule has 1 aromatic carbocycles. The summed E-state index contributed by atoms with van der Waals surface area (Å²) in [5, 5.41) is 3.17. The van der Waals surface area contributed by atoms with E-state index in [9.17, 15) is 9.59 Å². The van der Waals surface area contributed by atoms with Crippen LogP contribution in [0.15, 0.2) is 50.0 Å². The minimum Gasteiger partial charge on any atom is -0.457 e. The van der Waals surface area contributed by atoms with Gasteiger partial charge in [0.1, 0.15) is 11.5 Å². The van der Waals surface area contributed by atoms with Gasteiger partial charge in [0.05, 0.1) is 12.0 Å². The highest BCUT2D eigenvalue weighted by atomic mass is 16.4. The van der Waals surface area contributed by atoms with Gasteiger partial charge in [-0.25, -0.2) is 0 Å². The zero-order chi connectivity index (χ0) is 22.1. The molecule has 0 bridgehead atoms. The minimum absolute atomic E-state index is 0.0676. The molecular formula is C26H30N2O4. The Hall–Kier alpha value is -2.86. The summed E-state index contributed by atoms with van der Waals surface area (Å²) in [6.07, 6.45) is 6.28. The fourth-order valence-electron chi connectivity index (χ4n) is 5.43. The number of carbonyl (C=O) groups excluding carboxylic acids is 1. The number of carbonyl (C=O) groups is 1. The topological polar surface area (TPSA) is 75.7 Å². The van der Waals surface area contributed by atoms with Crippen LogP contribution in [0.2, 0.25) is 0 Å². The lowest BCUT2D eigenvalue weighted by atomic mass is 9.83. The van der Waals surface area contributed by atoms with E-state index in [1.165, 1.54) is 51.3 Å². The Labute approximate surface area is 187 Å². The van der Waals surface area contributed by atoms with Gasteiger partial charge in [-0.2, -0.15) is 0 Å². The van der Waals surface area contributed by atoms with E-state index in [-0.39, 0.29) is 23.3 Å². The number of aryl methyl sites for hydroxylation is 1. The number of hydrogen-bond donors (Lipinski definition) is 1. The van der Waals surface area contributed by atoms with Crippen LogP contribution in [-0.4, -0.2) is 36.5 Å². The zero-order valence-electron chi connectivity index (χ0n) is 18.6. The minimum atomic E-state index is -0.229. The Bertz CT molecular complexity index is 1160. The molecule has 0 saturated carbocycles. The molecule has 0 aliphatic carbocycles. The molecule has 2 aliphatic heterocycles. The molecule has 0 radical (unpaired) electrons. The van der Waals surface area contributed by atoms with Gasteiger partial charge in [0.25, 0.3) is 0 Å². The number of rotatable bonds is 5. The molecule has 168 valence electrons. The number of nitrogens with one attached hydrogen (secondary N) is 1. The van der Waals surface area contributed by atoms with Gasteiger partial charge in [0.15, 0.2) is 5.58 Å². The van der Waals surface area contributed by atoms with Gasteiger partial charge in [-0.1, -0.05) is 36.8 Å². The van der Waals surface area contributed by atoms with Crippen LogP contribution in [0.25, 0.3) is 22.5 Å². The van der Waals surface area contributed by atoms with Gasteiger partial charge >= 0.3 is 0 Å². The Kier molecular flexibility index (Phi) is 5.87. The first-order valence-corrected chi connectivity index (χ1v) is 11.7. The number of fused-ring (bicyclic) bond motifs is 2. The van der Waals surface area contributed by atoms with Crippen LogP contribution in [0.4, 0.5) is 0 Å². The molecule has 2 saturated heterocycles. The highest BCUT2D eigenvalue weighted by Crippen LogP contribution is 2.33. The van der Waals surface area contributed by atoms with Gasteiger partial charge in [0, 0.05) is 24.2 Å². The predicted octanol–water partition coefficient (Wildman–Crippen LogP) is 4.28. The number of piperidine rings is 2. The van der Waals surface area contributed by atoms with Crippen molar-refractivity contribution in [1.82, 2.24) is 10.2 Å². The number of amides is 1. The Balaban J connectivity index is 1.38. The second kappa shape index (κ2) is 8.94. The Morgan fingerprint density at radius 1 is 1.06 bits per heavy atom. The number of hydrogen-bond acceptors (Lipinski definition) is 5. The van der Waals surface area contributed by atoms with Gasteiger partial charge in [-0.3, -0.25) is 9.59 Å². The second-order valence-corrected chi connectivity index (χ2v) is 9.14. The normalized spacial score (nSPS) is 21.4. The third kappa shape index (κ3) is 4.11. The van der Waals surface area contributed by atoms with Crippen molar-refractivity contribution < 1.29 is 13.6 Å². The van der Waals surface area contributed by atoms with E-state index in [2.05, 4.69) is 10.2 Å². The summed E-state index contributed by atoms with van der Waals surface area (Å²) >= 11 is 0. The third-order valence-corrected chi connectivity index (χ3v) is 6.94. The molecule has 4 heterocycles. The first-order chi connectivity index (χ1) is 15.6. The maximum atomic E-state index is 13.0. The number of furan rings is 1. The average molecular weight is 435 g/mol. The Morgan fingerprint density at radius 3 is 2.72 bits per heavy atom. The summed E-state index contributed by atoms with van der Waals surface area (Å²) in [4.78, 5) is 28.1. The van der Waals surface area contributed by atoms with Crippen molar-refractivity contribution in [3.05, 3.63) is 57.9 Å². The van der Waals surface area contributed by atoms with E-state index >= 15 is 0 Å². The van der Waals surface area contributed by atoms with Crippen LogP contribution >= 0.6 is 0 Å². The molecule has 2 unspecified atom stereocenters. The number of benzene rings is 1. The van der Waals surface area contributed by atoms with E-state index < -0.39 is 0 Å². The smallest absolute Gasteiger partial charge is 0.228 e. The summed E-state index contributed by atoms with van der Waals surface area (Å²) in [6.45, 7) is 4.81. The summed E-state index contributed by atoms with van der Waals surface area (Å²) in [6, 6.07) is 11.6. The molecular weight excluding hydrogens is 404 g/mol. The maximum Gasteiger partial charge on any atom is 0.228 e. The lowest BCUT2D eigenvalue weighted by Crippen LogP contribution is -2.51. The van der Waals surface area contributed by atoms with Crippen molar-refractivity contribution in [2.75, 3.05) is 19.6 Å². The molecule has 2 atom stereocenters. The molecule has 2 aliphatic rings. The average Bonchev–Trinajstić information content (AvgIpc) is 3.16. The summed E-state index contributed by atoms with van der Waals surface area (Å²) in [5.74, 6) is 1.47. The van der Waals surface area contributed by atoms with Crippen LogP contribution in [0.3, 0.4) is 0 Å². The lowest BCUT2D eigenvalue weighted by molar-refractivity contribution is -0.120. The van der Waals surface area contributed by atoms with E-state index in [0.717, 1.165) is 5.56 Å². The van der Waals surface area contributed by atoms with Crippen LogP contribution in [-0.2, 0) is 11.2 Å². The molecule has 2 fully saturated rings. The maximum absolute atomic E-state index is 13.0. The van der Waals surface area contributed by atoms with Gasteiger partial charge < -0.3 is 19.1 Å². The quantitative estimate of drug-likeness (QED) is 0.649. The first-order valence-electron chi connectivity index (χ1n) is 11.7. The third-order valence-electron chi connectivity index (χ3n) is 6.94. The molecule has 0 spiro atoms. The first kappa shape index (κ1) is 21.0. The number of nitrogens with zero attached hydrogens (tertiary/aromatic N) is 1. The molecule has 1 N–H and O–H groups in total. The van der Waals surface area contributed by atoms with E-state index in [0.29, 0.717) is 41.2 Å². The highest BCUT2D eigenvalue weighted by Gasteiger charge is 2.33. The summed E-state index contributed by atoms with van der Waals surface area (Å²) in [7, 11) is 0. The van der Waals surface area contributed by atoms with Crippen molar-refractivity contribution in [2.45, 2.75) is 51.5 Å². The fraction of sp³-hybridized carbons (Fsp3) is 0.462. The predicted molar refractivity (Wildman–Crippen MR) is 124 cm³/mol. The van der Waals surface area contributed by atoms with E-state index in [1.54, 1.807) is 6.92 Å². The van der Waals surface area contributed by atoms with Crippen molar-refractivity contribution >= 4 is 17.1 Å². The van der Waals surface area contributed by atoms with Gasteiger partial charge in [-0.05, 0) is 51.6 Å². The zero-order valence-corrected chi connectivity index (χ0v) is 18.6. The molecule has 5 rings (SSSR count). The van der Waals surface area contributed by atoms with Crippen molar-refractivity contribution in [1.29, 1.82) is 0 Å². The second-order valence-electron chi connectivity index (χ2n) is 9.14. The molecule has 32 heavy (non-hydrogen) atoms. The van der Waals surface area contributed by atoms with Gasteiger partial charge in [-0.15, -0.1) is 0 Å². The standard InChI is InChI=1S/C26H30N2O4/c1-17-14-22(29)26-25(31-17)20(24(32-26)18-8-3-2-4-9-18)15-23(30)27-16-19-10-7-13-28-12-6-5-11-21(19)28/h2-4,8-9,14,19,21H,5-7,10-13,15-16H2,1H3,(H,27,30). The van der Waals surface area contributed by atoms with E-state index in [1.807, 2.05) is 30.3 Å². The van der Waals surface area contributed by atoms with Crippen LogP contribution in [0.1, 0.15) is 43.4 Å². The molecule has 6 nitrogen and oxygen atoms in total. The fourth-order valence-corrected chi connectivity index (χ4v) is 5.43. The van der Waals surface area contributed by atoms with Gasteiger partial charge in [0.2, 0.25) is 16.9 Å². The largest absolute Gasteiger partial charge is 0.457 e. The molecule has 2 aromatic heterocycles. The van der Waals surface area contributed by atoms with Crippen molar-refractivity contribution in [3.63, 3.8) is 0 Å². The van der Waals surface area contributed by atoms with Crippen LogP contribution in [0, 0.1) is 12.8 Å².